The van der Waals surface area contributed by atoms with Gasteiger partial charge in [-0.3, -0.25) is 24.0 Å². The molecule has 1 fully saturated rings. The molecule has 0 aliphatic carbocycles. The third kappa shape index (κ3) is 8.88. The minimum atomic E-state index is -1.29. The number of fused-ring (bicyclic) bond motifs is 1. The average Bonchev–Trinajstić information content (AvgIpc) is 3.61. The number of carbonyl (C=O) groups is 6. The van der Waals surface area contributed by atoms with E-state index < -0.39 is 66.2 Å². The summed E-state index contributed by atoms with van der Waals surface area (Å²) < 4.78 is 0. The van der Waals surface area contributed by atoms with Crippen LogP contribution in [-0.4, -0.2) is 87.6 Å². The lowest BCUT2D eigenvalue weighted by Crippen LogP contribution is -2.59. The first-order chi connectivity index (χ1) is 20.8. The molecule has 0 saturated carbocycles. The molecule has 5 atom stereocenters. The summed E-state index contributed by atoms with van der Waals surface area (Å²) in [5, 5.41) is 18.2. The van der Waals surface area contributed by atoms with Crippen LogP contribution in [0.4, 0.5) is 0 Å². The molecule has 1 aliphatic rings. The highest BCUT2D eigenvalue weighted by molar-refractivity contribution is 5.96. The minimum absolute atomic E-state index is 0.0227. The highest BCUT2D eigenvalue weighted by Crippen LogP contribution is 2.21. The maximum atomic E-state index is 13.5. The van der Waals surface area contributed by atoms with Crippen molar-refractivity contribution in [1.29, 1.82) is 0 Å². The van der Waals surface area contributed by atoms with Gasteiger partial charge < -0.3 is 41.5 Å². The van der Waals surface area contributed by atoms with Crippen LogP contribution in [0.3, 0.4) is 0 Å². The van der Waals surface area contributed by atoms with Gasteiger partial charge in [-0.15, -0.1) is 0 Å². The first-order valence-corrected chi connectivity index (χ1v) is 15.0. The Morgan fingerprint density at radius 1 is 1.07 bits per heavy atom. The number of carboxylic acid groups (broad SMARTS) is 1. The molecule has 4 amide bonds. The van der Waals surface area contributed by atoms with Gasteiger partial charge in [0.25, 0.3) is 0 Å². The molecule has 0 bridgehead atoms. The van der Waals surface area contributed by atoms with E-state index in [1.54, 1.807) is 20.0 Å². The van der Waals surface area contributed by atoms with E-state index in [9.17, 15) is 28.8 Å². The Morgan fingerprint density at radius 3 is 2.41 bits per heavy atom. The van der Waals surface area contributed by atoms with Crippen LogP contribution in [0.2, 0.25) is 0 Å². The fraction of sp³-hybridized carbons (Fsp3) is 0.548. The summed E-state index contributed by atoms with van der Waals surface area (Å²) in [7, 11) is 0. The Bertz CT molecular complexity index is 1360. The number of rotatable bonds is 15. The molecule has 13 nitrogen and oxygen atoms in total. The van der Waals surface area contributed by atoms with Crippen LogP contribution in [0, 0.1) is 11.8 Å². The molecule has 1 saturated heterocycles. The molecule has 1 aromatic heterocycles. The van der Waals surface area contributed by atoms with Crippen LogP contribution in [-0.2, 0) is 35.2 Å². The van der Waals surface area contributed by atoms with Crippen molar-refractivity contribution in [2.45, 2.75) is 90.0 Å². The Balaban J connectivity index is 1.68. The average molecular weight is 613 g/mol. The molecule has 2 heterocycles. The number of aliphatic carboxylic acids is 1. The van der Waals surface area contributed by atoms with Gasteiger partial charge in [-0.05, 0) is 42.7 Å². The fourth-order valence-electron chi connectivity index (χ4n) is 5.49. The number of likely N-dealkylation sites (tertiary alicyclic amines) is 1. The number of nitrogens with two attached hydrogens (primary N) is 1. The van der Waals surface area contributed by atoms with Crippen molar-refractivity contribution >= 4 is 46.8 Å². The smallest absolute Gasteiger partial charge is 0.305 e. The van der Waals surface area contributed by atoms with Crippen LogP contribution >= 0.6 is 0 Å². The molecule has 0 spiro atoms. The number of H-pyrrole nitrogens is 1. The lowest BCUT2D eigenvalue weighted by molar-refractivity contribution is -0.144. The van der Waals surface area contributed by atoms with Gasteiger partial charge in [0.05, 0.1) is 18.5 Å². The summed E-state index contributed by atoms with van der Waals surface area (Å²) in [5.74, 6) is -3.86. The summed E-state index contributed by atoms with van der Waals surface area (Å²) in [4.78, 5) is 80.3. The monoisotopic (exact) mass is 612 g/mol. The molecule has 3 rings (SSSR count). The Kier molecular flexibility index (Phi) is 12.0. The van der Waals surface area contributed by atoms with Gasteiger partial charge in [0.1, 0.15) is 24.4 Å². The number of nitrogens with one attached hydrogen (secondary N) is 4. The second kappa shape index (κ2) is 15.5. The number of carbonyl (C=O) groups excluding carboxylic acids is 5. The van der Waals surface area contributed by atoms with Crippen molar-refractivity contribution in [2.75, 3.05) is 6.54 Å². The summed E-state index contributed by atoms with van der Waals surface area (Å²) >= 11 is 0. The summed E-state index contributed by atoms with van der Waals surface area (Å²) in [6, 6.07) is 2.63. The zero-order chi connectivity index (χ0) is 32.6. The van der Waals surface area contributed by atoms with E-state index in [-0.39, 0.29) is 24.8 Å². The minimum Gasteiger partial charge on any atom is -0.481 e. The molecule has 0 unspecified atom stereocenters. The second-order valence-electron chi connectivity index (χ2n) is 12.1. The number of hydrogen-bond acceptors (Lipinski definition) is 7. The fourth-order valence-corrected chi connectivity index (χ4v) is 5.49. The Labute approximate surface area is 256 Å². The summed E-state index contributed by atoms with van der Waals surface area (Å²) in [6.45, 7) is 7.53. The van der Waals surface area contributed by atoms with E-state index in [1.807, 2.05) is 38.1 Å². The third-order valence-electron chi connectivity index (χ3n) is 7.74. The maximum Gasteiger partial charge on any atom is 0.305 e. The van der Waals surface area contributed by atoms with E-state index in [0.29, 0.717) is 25.5 Å². The normalized spacial score (nSPS) is 17.6. The van der Waals surface area contributed by atoms with E-state index in [4.69, 9.17) is 10.8 Å². The third-order valence-corrected chi connectivity index (χ3v) is 7.74. The summed E-state index contributed by atoms with van der Waals surface area (Å²) in [5.41, 5.74) is 7.54. The quantitative estimate of drug-likeness (QED) is 0.159. The van der Waals surface area contributed by atoms with Crippen LogP contribution in [0.25, 0.3) is 10.9 Å². The van der Waals surface area contributed by atoms with E-state index >= 15 is 0 Å². The number of aromatic amines is 1. The lowest BCUT2D eigenvalue weighted by Gasteiger charge is -2.30. The number of hydrogen-bond donors (Lipinski definition) is 6. The van der Waals surface area contributed by atoms with Crippen molar-refractivity contribution in [2.24, 2.45) is 17.6 Å². The van der Waals surface area contributed by atoms with Gasteiger partial charge in [0, 0.05) is 30.1 Å². The van der Waals surface area contributed by atoms with Crippen molar-refractivity contribution in [3.05, 3.63) is 36.0 Å². The predicted octanol–water partition coefficient (Wildman–Crippen LogP) is 0.859. The molecule has 2 aromatic rings. The van der Waals surface area contributed by atoms with E-state index in [0.717, 1.165) is 16.5 Å². The number of nitrogens with zero attached hydrogens (tertiary/aromatic N) is 1. The predicted molar refractivity (Wildman–Crippen MR) is 163 cm³/mol. The van der Waals surface area contributed by atoms with E-state index in [2.05, 4.69) is 20.9 Å². The lowest BCUT2D eigenvalue weighted by atomic mass is 9.99. The molecule has 1 aromatic carbocycles. The van der Waals surface area contributed by atoms with Crippen LogP contribution < -0.4 is 21.7 Å². The molecular formula is C31H44N6O7. The molecule has 1 aliphatic heterocycles. The zero-order valence-corrected chi connectivity index (χ0v) is 25.7. The van der Waals surface area contributed by atoms with Gasteiger partial charge in [0.15, 0.2) is 0 Å². The standard InChI is InChI=1S/C31H44N6O7/c1-17(2)12-24(28(41)34-20(16-38)13-19-15-33-23-9-6-5-8-21(19)23)35-30(43)27(18(3)4)36-29(42)25-10-7-11-37(25)31(44)22(32)14-26(39)40/h5-6,8-9,15-18,20,22,24-25,27,33H,7,10-14,32H2,1-4H3,(H,34,41)(H,35,43)(H,36,42)(H,39,40)/t20-,22-,24+,25+,27-/m1/s1. The van der Waals surface area contributed by atoms with Gasteiger partial charge >= 0.3 is 5.97 Å². The summed E-state index contributed by atoms with van der Waals surface area (Å²) in [6.07, 6.45) is 3.33. The number of aldehydes is 1. The molecule has 0 radical (unpaired) electrons. The number of para-hydroxylation sites is 1. The first-order valence-electron chi connectivity index (χ1n) is 15.0. The molecule has 13 heteroatoms. The van der Waals surface area contributed by atoms with Crippen LogP contribution in [0.1, 0.15) is 58.9 Å². The van der Waals surface area contributed by atoms with Crippen molar-refractivity contribution in [3.8, 4) is 0 Å². The van der Waals surface area contributed by atoms with Crippen LogP contribution in [0.5, 0.6) is 0 Å². The first kappa shape index (κ1) is 34.2. The highest BCUT2D eigenvalue weighted by atomic mass is 16.4. The van der Waals surface area contributed by atoms with Gasteiger partial charge in [-0.2, -0.15) is 0 Å². The molecule has 7 N–H and O–H groups in total. The highest BCUT2D eigenvalue weighted by Gasteiger charge is 2.39. The van der Waals surface area contributed by atoms with Gasteiger partial charge in [0.2, 0.25) is 23.6 Å². The SMILES string of the molecule is CC(C)C[C@H](NC(=O)[C@H](NC(=O)[C@@H]1CCCN1C(=O)[C@H](N)CC(=O)O)C(C)C)C(=O)N[C@@H](C=O)Cc1c[nH]c2ccccc12. The molecule has 240 valence electrons. The Hall–Kier alpha value is -4.26. The van der Waals surface area contributed by atoms with E-state index in [1.165, 1.54) is 4.90 Å². The van der Waals surface area contributed by atoms with Crippen molar-refractivity contribution in [3.63, 3.8) is 0 Å². The second-order valence-corrected chi connectivity index (χ2v) is 12.1. The van der Waals surface area contributed by atoms with Crippen molar-refractivity contribution < 1.29 is 33.9 Å². The zero-order valence-electron chi connectivity index (χ0n) is 25.7. The Morgan fingerprint density at radius 2 is 1.77 bits per heavy atom. The number of benzene rings is 1. The number of amides is 4. The van der Waals surface area contributed by atoms with Crippen molar-refractivity contribution in [1.82, 2.24) is 25.8 Å². The molecule has 44 heavy (non-hydrogen) atoms. The number of aromatic nitrogens is 1. The van der Waals surface area contributed by atoms with Crippen LogP contribution in [0.15, 0.2) is 30.5 Å². The number of carboxylic acids is 1. The maximum absolute atomic E-state index is 13.5. The largest absolute Gasteiger partial charge is 0.481 e. The van der Waals surface area contributed by atoms with Gasteiger partial charge in [-0.25, -0.2) is 0 Å². The molecular weight excluding hydrogens is 568 g/mol. The van der Waals surface area contributed by atoms with Gasteiger partial charge in [-0.1, -0.05) is 45.9 Å². The topological polar surface area (TPSA) is 204 Å².